The van der Waals surface area contributed by atoms with Gasteiger partial charge in [-0.25, -0.2) is 9.37 Å². The molecule has 0 N–H and O–H groups in total. The number of nitrogens with zero attached hydrogens (tertiary/aromatic N) is 4. The number of para-hydroxylation sites is 2. The van der Waals surface area contributed by atoms with Crippen LogP contribution in [-0.2, 0) is 6.54 Å². The van der Waals surface area contributed by atoms with E-state index in [-0.39, 0.29) is 11.4 Å². The summed E-state index contributed by atoms with van der Waals surface area (Å²) in [6.45, 7) is 0.383. The van der Waals surface area contributed by atoms with Crippen molar-refractivity contribution in [2.45, 2.75) is 6.54 Å². The average molecular weight is 473 g/mol. The summed E-state index contributed by atoms with van der Waals surface area (Å²) in [5.41, 5.74) is 3.54. The number of benzene rings is 4. The maximum atomic E-state index is 14.3. The molecule has 0 bridgehead atoms. The van der Waals surface area contributed by atoms with Crippen LogP contribution in [0.1, 0.15) is 11.1 Å². The number of hydrogen-bond donors (Lipinski definition) is 0. The van der Waals surface area contributed by atoms with Gasteiger partial charge < -0.3 is 4.57 Å². The second kappa shape index (κ2) is 9.07. The van der Waals surface area contributed by atoms with Crippen LogP contribution in [0.3, 0.4) is 0 Å². The quantitative estimate of drug-likeness (QED) is 0.285. The van der Waals surface area contributed by atoms with Crippen LogP contribution >= 0.6 is 0 Å². The van der Waals surface area contributed by atoms with Gasteiger partial charge >= 0.3 is 0 Å². The van der Waals surface area contributed by atoms with Gasteiger partial charge in [-0.2, -0.15) is 9.78 Å². The summed E-state index contributed by atoms with van der Waals surface area (Å²) in [6.07, 6.45) is 3.60. The summed E-state index contributed by atoms with van der Waals surface area (Å²) in [6, 6.07) is 31.5. The van der Waals surface area contributed by atoms with Gasteiger partial charge in [0.25, 0.3) is 5.56 Å². The number of aromatic nitrogens is 3. The lowest BCUT2D eigenvalue weighted by Gasteiger charge is -2.09. The molecule has 6 aromatic rings. The van der Waals surface area contributed by atoms with E-state index in [0.29, 0.717) is 28.8 Å². The first kappa shape index (κ1) is 21.7. The SMILES string of the molecule is O=c1c2ccccc2nc(-c2ccccc2)n1N=Cc1cn(Cc2ccccc2F)c2ccccc12. The predicted octanol–water partition coefficient (Wildman–Crippen LogP) is 6.09. The molecule has 0 saturated carbocycles. The standard InChI is InChI=1S/C30H21FN4O/c31-26-15-7-4-12-22(26)19-34-20-23(24-13-6-9-17-28(24)34)18-32-35-29(21-10-2-1-3-11-21)33-27-16-8-5-14-25(27)30(35)36/h1-18,20H,19H2. The topological polar surface area (TPSA) is 52.2 Å². The van der Waals surface area contributed by atoms with Gasteiger partial charge in [0.05, 0.1) is 23.7 Å². The van der Waals surface area contributed by atoms with E-state index in [1.54, 1.807) is 24.4 Å². The van der Waals surface area contributed by atoms with Crippen LogP contribution in [0.15, 0.2) is 119 Å². The zero-order valence-corrected chi connectivity index (χ0v) is 19.3. The van der Waals surface area contributed by atoms with E-state index in [4.69, 9.17) is 4.98 Å². The van der Waals surface area contributed by atoms with E-state index in [9.17, 15) is 9.18 Å². The van der Waals surface area contributed by atoms with Crippen molar-refractivity contribution < 1.29 is 4.39 Å². The van der Waals surface area contributed by atoms with Gasteiger partial charge in [0.15, 0.2) is 5.82 Å². The Hall–Kier alpha value is -4.84. The highest BCUT2D eigenvalue weighted by Gasteiger charge is 2.13. The first-order valence-corrected chi connectivity index (χ1v) is 11.6. The van der Waals surface area contributed by atoms with E-state index in [0.717, 1.165) is 22.0 Å². The van der Waals surface area contributed by atoms with Crippen LogP contribution in [0.2, 0.25) is 0 Å². The Balaban J connectivity index is 1.49. The molecule has 6 heteroatoms. The van der Waals surface area contributed by atoms with Gasteiger partial charge in [-0.1, -0.05) is 78.9 Å². The minimum atomic E-state index is -0.245. The lowest BCUT2D eigenvalue weighted by atomic mass is 10.2. The molecule has 174 valence electrons. The van der Waals surface area contributed by atoms with Crippen molar-refractivity contribution in [1.29, 1.82) is 0 Å². The van der Waals surface area contributed by atoms with Crippen molar-refractivity contribution in [3.05, 3.63) is 137 Å². The smallest absolute Gasteiger partial charge is 0.282 e. The van der Waals surface area contributed by atoms with Crippen LogP contribution < -0.4 is 5.56 Å². The van der Waals surface area contributed by atoms with Crippen molar-refractivity contribution in [1.82, 2.24) is 14.2 Å². The summed E-state index contributed by atoms with van der Waals surface area (Å²) in [7, 11) is 0. The van der Waals surface area contributed by atoms with E-state index >= 15 is 0 Å². The highest BCUT2D eigenvalue weighted by atomic mass is 19.1. The lowest BCUT2D eigenvalue weighted by molar-refractivity contribution is 0.602. The number of halogens is 1. The van der Waals surface area contributed by atoms with Crippen LogP contribution in [0.5, 0.6) is 0 Å². The van der Waals surface area contributed by atoms with Crippen LogP contribution in [0.4, 0.5) is 4.39 Å². The van der Waals surface area contributed by atoms with Gasteiger partial charge in [0.2, 0.25) is 0 Å². The Bertz CT molecular complexity index is 1800. The molecular weight excluding hydrogens is 451 g/mol. The van der Waals surface area contributed by atoms with Crippen molar-refractivity contribution in [3.63, 3.8) is 0 Å². The molecule has 0 saturated heterocycles. The van der Waals surface area contributed by atoms with Crippen molar-refractivity contribution in [2.24, 2.45) is 5.10 Å². The van der Waals surface area contributed by atoms with Crippen LogP contribution in [-0.4, -0.2) is 20.4 Å². The largest absolute Gasteiger partial charge is 0.342 e. The monoisotopic (exact) mass is 472 g/mol. The van der Waals surface area contributed by atoms with Crippen molar-refractivity contribution in [2.75, 3.05) is 0 Å². The molecule has 4 aromatic carbocycles. The second-order valence-electron chi connectivity index (χ2n) is 8.50. The zero-order chi connectivity index (χ0) is 24.5. The molecule has 36 heavy (non-hydrogen) atoms. The minimum absolute atomic E-state index is 0.244. The molecular formula is C30H21FN4O. The van der Waals surface area contributed by atoms with Crippen LogP contribution in [0, 0.1) is 5.82 Å². The highest BCUT2D eigenvalue weighted by Crippen LogP contribution is 2.23. The van der Waals surface area contributed by atoms with Gasteiger partial charge in [-0.3, -0.25) is 4.79 Å². The number of rotatable bonds is 5. The second-order valence-corrected chi connectivity index (χ2v) is 8.50. The number of hydrogen-bond acceptors (Lipinski definition) is 3. The average Bonchev–Trinajstić information content (AvgIpc) is 3.27. The van der Waals surface area contributed by atoms with Gasteiger partial charge in [0, 0.05) is 33.8 Å². The molecule has 2 heterocycles. The van der Waals surface area contributed by atoms with Crippen molar-refractivity contribution >= 4 is 28.0 Å². The molecule has 0 aliphatic heterocycles. The fourth-order valence-corrected chi connectivity index (χ4v) is 4.44. The minimum Gasteiger partial charge on any atom is -0.342 e. The van der Waals surface area contributed by atoms with E-state index in [1.807, 2.05) is 89.6 Å². The Morgan fingerprint density at radius 1 is 0.806 bits per heavy atom. The summed E-state index contributed by atoms with van der Waals surface area (Å²) in [4.78, 5) is 18.2. The molecule has 0 aliphatic rings. The molecule has 0 amide bonds. The maximum absolute atomic E-state index is 14.3. The van der Waals surface area contributed by atoms with Crippen molar-refractivity contribution in [3.8, 4) is 11.4 Å². The van der Waals surface area contributed by atoms with Gasteiger partial charge in [-0.15, -0.1) is 0 Å². The third-order valence-corrected chi connectivity index (χ3v) is 6.22. The lowest BCUT2D eigenvalue weighted by Crippen LogP contribution is -2.20. The first-order valence-electron chi connectivity index (χ1n) is 11.6. The molecule has 6 rings (SSSR count). The van der Waals surface area contributed by atoms with Crippen LogP contribution in [0.25, 0.3) is 33.2 Å². The molecule has 5 nitrogen and oxygen atoms in total. The molecule has 0 spiro atoms. The maximum Gasteiger partial charge on any atom is 0.282 e. The van der Waals surface area contributed by atoms with Gasteiger partial charge in [0.1, 0.15) is 5.82 Å². The fourth-order valence-electron chi connectivity index (χ4n) is 4.44. The molecule has 2 aromatic heterocycles. The summed E-state index contributed by atoms with van der Waals surface area (Å²) >= 11 is 0. The Morgan fingerprint density at radius 2 is 1.50 bits per heavy atom. The highest BCUT2D eigenvalue weighted by molar-refractivity contribution is 5.99. The van der Waals surface area contributed by atoms with E-state index in [2.05, 4.69) is 5.10 Å². The third-order valence-electron chi connectivity index (χ3n) is 6.22. The normalized spacial score (nSPS) is 11.6. The molecule has 0 aliphatic carbocycles. The molecule has 0 fully saturated rings. The first-order chi connectivity index (χ1) is 17.7. The summed E-state index contributed by atoms with van der Waals surface area (Å²) in [5, 5.41) is 6.08. The Morgan fingerprint density at radius 3 is 2.33 bits per heavy atom. The fraction of sp³-hybridized carbons (Fsp3) is 0.0333. The third kappa shape index (κ3) is 3.88. The Labute approximate surface area is 206 Å². The van der Waals surface area contributed by atoms with Gasteiger partial charge in [-0.05, 0) is 24.3 Å². The predicted molar refractivity (Wildman–Crippen MR) is 142 cm³/mol. The molecule has 0 unspecified atom stereocenters. The summed E-state index contributed by atoms with van der Waals surface area (Å²) < 4.78 is 17.7. The number of fused-ring (bicyclic) bond motifs is 2. The molecule has 0 atom stereocenters. The summed E-state index contributed by atoms with van der Waals surface area (Å²) in [5.74, 6) is 0.220. The Kier molecular flexibility index (Phi) is 5.46. The van der Waals surface area contributed by atoms with E-state index < -0.39 is 0 Å². The van der Waals surface area contributed by atoms with E-state index in [1.165, 1.54) is 10.7 Å². The molecule has 0 radical (unpaired) electrons. The zero-order valence-electron chi connectivity index (χ0n) is 19.3.